The van der Waals surface area contributed by atoms with Crippen molar-refractivity contribution in [1.82, 2.24) is 20.1 Å². The minimum Gasteiger partial charge on any atom is -0.352 e. The monoisotopic (exact) mass is 428 g/mol. The molecule has 1 aromatic heterocycles. The molecule has 2 amide bonds. The number of benzene rings is 2. The van der Waals surface area contributed by atoms with Crippen molar-refractivity contribution in [2.45, 2.75) is 13.3 Å². The third-order valence-electron chi connectivity index (χ3n) is 4.11. The summed E-state index contributed by atoms with van der Waals surface area (Å²) in [5.74, 6) is -0.874. The minimum atomic E-state index is -0.603. The standard InChI is InChI=1S/C19H17ClN6O4/c1-2-7-22-19(28)14-5-4-13(9-15(14)20)24-18(27)12-3-6-16(17(8-12)26(29)30)25-11-21-10-23-25/h3-6,8-11H,2,7H2,1H3,(H,22,28)(H,24,27). The Morgan fingerprint density at radius 3 is 2.63 bits per heavy atom. The Balaban J connectivity index is 1.81. The van der Waals surface area contributed by atoms with Gasteiger partial charge in [-0.1, -0.05) is 18.5 Å². The van der Waals surface area contributed by atoms with E-state index in [4.69, 9.17) is 11.6 Å². The van der Waals surface area contributed by atoms with Gasteiger partial charge in [-0.25, -0.2) is 9.67 Å². The molecule has 10 nitrogen and oxygen atoms in total. The Kier molecular flexibility index (Phi) is 6.38. The minimum absolute atomic E-state index is 0.0754. The van der Waals surface area contributed by atoms with E-state index >= 15 is 0 Å². The molecule has 0 aliphatic carbocycles. The predicted octanol–water partition coefficient (Wildman–Crippen LogP) is 3.22. The molecule has 0 saturated carbocycles. The molecule has 0 unspecified atom stereocenters. The number of nitro benzene ring substituents is 1. The van der Waals surface area contributed by atoms with E-state index in [1.54, 1.807) is 0 Å². The highest BCUT2D eigenvalue weighted by Crippen LogP contribution is 2.25. The Morgan fingerprint density at radius 1 is 1.20 bits per heavy atom. The number of nitrogens with one attached hydrogen (secondary N) is 2. The van der Waals surface area contributed by atoms with Crippen LogP contribution >= 0.6 is 11.6 Å². The zero-order valence-corrected chi connectivity index (χ0v) is 16.6. The van der Waals surface area contributed by atoms with Crippen molar-refractivity contribution in [2.24, 2.45) is 0 Å². The predicted molar refractivity (Wildman–Crippen MR) is 110 cm³/mol. The van der Waals surface area contributed by atoms with E-state index in [0.29, 0.717) is 12.2 Å². The first kappa shape index (κ1) is 20.9. The maximum Gasteiger partial charge on any atom is 0.295 e. The fourth-order valence-corrected chi connectivity index (χ4v) is 2.92. The zero-order valence-electron chi connectivity index (χ0n) is 15.8. The quantitative estimate of drug-likeness (QED) is 0.438. The molecule has 0 atom stereocenters. The van der Waals surface area contributed by atoms with Crippen molar-refractivity contribution in [3.8, 4) is 5.69 Å². The molecule has 0 spiro atoms. The van der Waals surface area contributed by atoms with Crippen LogP contribution in [0.2, 0.25) is 5.02 Å². The molecule has 0 fully saturated rings. The number of carbonyl (C=O) groups is 2. The number of nitro groups is 1. The van der Waals surface area contributed by atoms with E-state index in [0.717, 1.165) is 12.5 Å². The number of halogens is 1. The molecule has 154 valence electrons. The van der Waals surface area contributed by atoms with Crippen LogP contribution in [0.3, 0.4) is 0 Å². The van der Waals surface area contributed by atoms with Gasteiger partial charge in [0.1, 0.15) is 18.3 Å². The van der Waals surface area contributed by atoms with Gasteiger partial charge in [0, 0.05) is 23.9 Å². The van der Waals surface area contributed by atoms with Crippen molar-refractivity contribution in [3.63, 3.8) is 0 Å². The molecule has 2 N–H and O–H groups in total. The summed E-state index contributed by atoms with van der Waals surface area (Å²) in [7, 11) is 0. The lowest BCUT2D eigenvalue weighted by molar-refractivity contribution is -0.384. The lowest BCUT2D eigenvalue weighted by Gasteiger charge is -2.10. The summed E-state index contributed by atoms with van der Waals surface area (Å²) < 4.78 is 1.24. The van der Waals surface area contributed by atoms with Gasteiger partial charge in [-0.15, -0.1) is 0 Å². The fourth-order valence-electron chi connectivity index (χ4n) is 2.65. The first-order valence-electron chi connectivity index (χ1n) is 8.93. The van der Waals surface area contributed by atoms with Gasteiger partial charge < -0.3 is 10.6 Å². The smallest absolute Gasteiger partial charge is 0.295 e. The topological polar surface area (TPSA) is 132 Å². The lowest BCUT2D eigenvalue weighted by atomic mass is 10.1. The highest BCUT2D eigenvalue weighted by Gasteiger charge is 2.20. The molecule has 0 aliphatic rings. The molecule has 0 saturated heterocycles. The summed E-state index contributed by atoms with van der Waals surface area (Å²) >= 11 is 6.16. The van der Waals surface area contributed by atoms with Crippen molar-refractivity contribution >= 4 is 34.8 Å². The number of aromatic nitrogens is 3. The zero-order chi connectivity index (χ0) is 21.7. The second-order valence-electron chi connectivity index (χ2n) is 6.21. The van der Waals surface area contributed by atoms with Crippen LogP contribution in [-0.2, 0) is 0 Å². The number of hydrogen-bond donors (Lipinski definition) is 2. The van der Waals surface area contributed by atoms with E-state index in [1.165, 1.54) is 47.7 Å². The number of carbonyl (C=O) groups excluding carboxylic acids is 2. The average Bonchev–Trinajstić information content (AvgIpc) is 3.26. The maximum absolute atomic E-state index is 12.6. The molecule has 2 aromatic carbocycles. The first-order chi connectivity index (χ1) is 14.4. The van der Waals surface area contributed by atoms with Crippen LogP contribution < -0.4 is 10.6 Å². The highest BCUT2D eigenvalue weighted by atomic mass is 35.5. The summed E-state index contributed by atoms with van der Waals surface area (Å²) in [6, 6.07) is 8.48. The average molecular weight is 429 g/mol. The molecule has 1 heterocycles. The lowest BCUT2D eigenvalue weighted by Crippen LogP contribution is -2.24. The number of hydrogen-bond acceptors (Lipinski definition) is 6. The van der Waals surface area contributed by atoms with Crippen LogP contribution in [0.25, 0.3) is 5.69 Å². The van der Waals surface area contributed by atoms with Crippen LogP contribution in [0.4, 0.5) is 11.4 Å². The second kappa shape index (κ2) is 9.14. The van der Waals surface area contributed by atoms with Gasteiger partial charge in [0.25, 0.3) is 17.5 Å². The molecule has 0 aliphatic heterocycles. The van der Waals surface area contributed by atoms with Crippen molar-refractivity contribution in [2.75, 3.05) is 11.9 Å². The summed E-state index contributed by atoms with van der Waals surface area (Å²) in [5, 5.41) is 20.8. The summed E-state index contributed by atoms with van der Waals surface area (Å²) in [6.45, 7) is 2.46. The highest BCUT2D eigenvalue weighted by molar-refractivity contribution is 6.34. The molecule has 11 heteroatoms. The van der Waals surface area contributed by atoms with Gasteiger partial charge >= 0.3 is 0 Å². The molecule has 3 aromatic rings. The molecule has 0 bridgehead atoms. The van der Waals surface area contributed by atoms with E-state index in [-0.39, 0.29) is 33.4 Å². The normalized spacial score (nSPS) is 10.5. The summed E-state index contributed by atoms with van der Waals surface area (Å²) in [4.78, 5) is 39.2. The van der Waals surface area contributed by atoms with Crippen LogP contribution in [0.15, 0.2) is 49.1 Å². The van der Waals surface area contributed by atoms with Gasteiger partial charge in [0.15, 0.2) is 0 Å². The Hall–Kier alpha value is -3.79. The van der Waals surface area contributed by atoms with E-state index in [1.807, 2.05) is 6.92 Å². The van der Waals surface area contributed by atoms with Crippen molar-refractivity contribution in [3.05, 3.63) is 75.3 Å². The van der Waals surface area contributed by atoms with Gasteiger partial charge in [0.2, 0.25) is 0 Å². The third kappa shape index (κ3) is 4.61. The third-order valence-corrected chi connectivity index (χ3v) is 4.42. The number of anilines is 1. The van der Waals surface area contributed by atoms with Crippen LogP contribution in [0.5, 0.6) is 0 Å². The largest absolute Gasteiger partial charge is 0.352 e. The van der Waals surface area contributed by atoms with Gasteiger partial charge in [-0.3, -0.25) is 19.7 Å². The maximum atomic E-state index is 12.6. The molecule has 3 rings (SSSR count). The van der Waals surface area contributed by atoms with E-state index in [2.05, 4.69) is 20.7 Å². The van der Waals surface area contributed by atoms with Crippen LogP contribution in [0, 0.1) is 10.1 Å². The van der Waals surface area contributed by atoms with Crippen molar-refractivity contribution < 1.29 is 14.5 Å². The fraction of sp³-hybridized carbons (Fsp3) is 0.158. The van der Waals surface area contributed by atoms with E-state index < -0.39 is 10.8 Å². The van der Waals surface area contributed by atoms with Crippen molar-refractivity contribution in [1.29, 1.82) is 0 Å². The van der Waals surface area contributed by atoms with Crippen LogP contribution in [-0.4, -0.2) is 38.0 Å². The Morgan fingerprint density at radius 2 is 2.00 bits per heavy atom. The number of amides is 2. The first-order valence-corrected chi connectivity index (χ1v) is 9.31. The SMILES string of the molecule is CCCNC(=O)c1ccc(NC(=O)c2ccc(-n3cncn3)c([N+](=O)[O-])c2)cc1Cl. The molecular weight excluding hydrogens is 412 g/mol. The second-order valence-corrected chi connectivity index (χ2v) is 6.61. The molecule has 30 heavy (non-hydrogen) atoms. The molecular formula is C19H17ClN6O4. The van der Waals surface area contributed by atoms with Gasteiger partial charge in [-0.2, -0.15) is 5.10 Å². The van der Waals surface area contributed by atoms with Gasteiger partial charge in [-0.05, 0) is 36.8 Å². The van der Waals surface area contributed by atoms with Gasteiger partial charge in [0.05, 0.1) is 15.5 Å². The number of nitrogens with zero attached hydrogens (tertiary/aromatic N) is 4. The van der Waals surface area contributed by atoms with Crippen LogP contribution in [0.1, 0.15) is 34.1 Å². The Labute approximate surface area is 176 Å². The summed E-state index contributed by atoms with van der Waals surface area (Å²) in [6.07, 6.45) is 3.36. The number of rotatable bonds is 7. The summed E-state index contributed by atoms with van der Waals surface area (Å²) in [5.41, 5.74) is 0.594. The Bertz CT molecular complexity index is 1100. The van der Waals surface area contributed by atoms with E-state index in [9.17, 15) is 19.7 Å². The molecule has 0 radical (unpaired) electrons.